The number of methoxy groups -OCH3 is 2. The van der Waals surface area contributed by atoms with E-state index in [9.17, 15) is 19.2 Å². The fraction of sp³-hybridized carbons (Fsp3) is 0.200. The lowest BCUT2D eigenvalue weighted by molar-refractivity contribution is -0.121. The number of carbonyl (C=O) groups is 4. The summed E-state index contributed by atoms with van der Waals surface area (Å²) in [6, 6.07) is 14.1. The molecule has 10 heteroatoms. The van der Waals surface area contributed by atoms with Crippen LogP contribution in [0.5, 0.6) is 5.75 Å². The molecule has 1 aromatic heterocycles. The number of esters is 2. The Balaban J connectivity index is 1.53. The van der Waals surface area contributed by atoms with Crippen LogP contribution >= 0.6 is 11.3 Å². The second-order valence-corrected chi connectivity index (χ2v) is 8.65. The van der Waals surface area contributed by atoms with Crippen LogP contribution in [-0.4, -0.2) is 44.6 Å². The molecule has 0 atom stereocenters. The molecule has 2 heterocycles. The van der Waals surface area contributed by atoms with Crippen LogP contribution in [0.25, 0.3) is 0 Å². The number of benzene rings is 2. The first-order chi connectivity index (χ1) is 16.8. The summed E-state index contributed by atoms with van der Waals surface area (Å²) in [6.45, 7) is 1.87. The summed E-state index contributed by atoms with van der Waals surface area (Å²) in [6.07, 6.45) is 0. The van der Waals surface area contributed by atoms with Gasteiger partial charge in [-0.2, -0.15) is 0 Å². The number of hydrogen-bond acceptors (Lipinski definition) is 8. The predicted octanol–water partition coefficient (Wildman–Crippen LogP) is 3.81. The Morgan fingerprint density at radius 2 is 1.71 bits per heavy atom. The Hall–Kier alpha value is -4.18. The number of amides is 2. The van der Waals surface area contributed by atoms with E-state index in [4.69, 9.17) is 14.2 Å². The van der Waals surface area contributed by atoms with Gasteiger partial charge in [-0.15, -0.1) is 11.3 Å². The molecule has 0 aliphatic carbocycles. The Morgan fingerprint density at radius 1 is 1.03 bits per heavy atom. The van der Waals surface area contributed by atoms with Crippen molar-refractivity contribution < 1.29 is 33.4 Å². The summed E-state index contributed by atoms with van der Waals surface area (Å²) >= 11 is 0.942. The number of para-hydroxylation sites is 2. The van der Waals surface area contributed by atoms with Gasteiger partial charge in [-0.05, 0) is 42.3 Å². The molecule has 0 fully saturated rings. The minimum atomic E-state index is -0.671. The molecule has 9 nitrogen and oxygen atoms in total. The average Bonchev–Trinajstić information content (AvgIpc) is 3.20. The molecule has 0 saturated carbocycles. The molecule has 0 saturated heterocycles. The standard InChI is InChI=1S/C25H22N2O7S/c1-14-20(24(30)32-2)23(35-21(14)25(31)33-3)26-22(29)16-10-8-15(9-11-16)12-27-17-6-4-5-7-18(17)34-13-19(27)28/h4-11H,12-13H2,1-3H3,(H,26,29). The van der Waals surface area contributed by atoms with E-state index in [1.54, 1.807) is 36.1 Å². The van der Waals surface area contributed by atoms with Crippen molar-refractivity contribution in [2.45, 2.75) is 13.5 Å². The average molecular weight is 495 g/mol. The number of thiophene rings is 1. The molecule has 2 aromatic carbocycles. The fourth-order valence-electron chi connectivity index (χ4n) is 3.68. The van der Waals surface area contributed by atoms with Crippen LogP contribution in [-0.2, 0) is 20.8 Å². The van der Waals surface area contributed by atoms with Gasteiger partial charge in [-0.3, -0.25) is 9.59 Å². The maximum Gasteiger partial charge on any atom is 0.348 e. The Labute approximate surface area is 205 Å². The van der Waals surface area contributed by atoms with Crippen LogP contribution in [0.3, 0.4) is 0 Å². The maximum absolute atomic E-state index is 12.9. The topological polar surface area (TPSA) is 111 Å². The highest BCUT2D eigenvalue weighted by Crippen LogP contribution is 2.35. The number of hydrogen-bond donors (Lipinski definition) is 1. The van der Waals surface area contributed by atoms with Crippen LogP contribution in [0.15, 0.2) is 48.5 Å². The molecule has 180 valence electrons. The molecule has 1 aliphatic rings. The minimum absolute atomic E-state index is 0.0339. The normalized spacial score (nSPS) is 12.4. The first-order valence-corrected chi connectivity index (χ1v) is 11.4. The van der Waals surface area contributed by atoms with E-state index in [0.717, 1.165) is 16.9 Å². The monoisotopic (exact) mass is 494 g/mol. The Kier molecular flexibility index (Phi) is 6.83. The van der Waals surface area contributed by atoms with Crippen LogP contribution in [0, 0.1) is 6.92 Å². The van der Waals surface area contributed by atoms with Crippen LogP contribution in [0.2, 0.25) is 0 Å². The van der Waals surface area contributed by atoms with E-state index in [0.29, 0.717) is 29.1 Å². The van der Waals surface area contributed by atoms with Crippen molar-refractivity contribution in [2.75, 3.05) is 31.0 Å². The number of anilines is 2. The molecule has 1 N–H and O–H groups in total. The van der Waals surface area contributed by atoms with E-state index in [2.05, 4.69) is 5.32 Å². The summed E-state index contributed by atoms with van der Waals surface area (Å²) in [4.78, 5) is 51.5. The number of rotatable bonds is 6. The summed E-state index contributed by atoms with van der Waals surface area (Å²) < 4.78 is 15.1. The highest BCUT2D eigenvalue weighted by atomic mass is 32.1. The zero-order valence-corrected chi connectivity index (χ0v) is 20.1. The lowest BCUT2D eigenvalue weighted by atomic mass is 10.1. The molecule has 1 aliphatic heterocycles. The molecule has 0 radical (unpaired) electrons. The second kappa shape index (κ2) is 9.98. The quantitative estimate of drug-likeness (QED) is 0.519. The fourth-order valence-corrected chi connectivity index (χ4v) is 4.79. The third-order valence-corrected chi connectivity index (χ3v) is 6.69. The van der Waals surface area contributed by atoms with Crippen molar-refractivity contribution in [3.63, 3.8) is 0 Å². The van der Waals surface area contributed by atoms with E-state index < -0.39 is 17.8 Å². The van der Waals surface area contributed by atoms with Gasteiger partial charge in [0.1, 0.15) is 15.6 Å². The molecule has 4 rings (SSSR count). The molecule has 0 unspecified atom stereocenters. The Morgan fingerprint density at radius 3 is 2.40 bits per heavy atom. The summed E-state index contributed by atoms with van der Waals surface area (Å²) in [5.74, 6) is -1.26. The van der Waals surface area contributed by atoms with Gasteiger partial charge in [0, 0.05) is 5.56 Å². The second-order valence-electron chi connectivity index (χ2n) is 7.63. The van der Waals surface area contributed by atoms with Gasteiger partial charge >= 0.3 is 11.9 Å². The summed E-state index contributed by atoms with van der Waals surface area (Å²) in [7, 11) is 2.46. The van der Waals surface area contributed by atoms with Gasteiger partial charge in [-0.25, -0.2) is 9.59 Å². The molecular weight excluding hydrogens is 472 g/mol. The highest BCUT2D eigenvalue weighted by Gasteiger charge is 2.27. The Bertz CT molecular complexity index is 1310. The van der Waals surface area contributed by atoms with Crippen LogP contribution in [0.1, 0.15) is 41.5 Å². The van der Waals surface area contributed by atoms with Crippen molar-refractivity contribution in [2.24, 2.45) is 0 Å². The van der Waals surface area contributed by atoms with E-state index in [1.165, 1.54) is 14.2 Å². The number of fused-ring (bicyclic) bond motifs is 1. The maximum atomic E-state index is 12.9. The van der Waals surface area contributed by atoms with Gasteiger partial charge in [0.05, 0.1) is 32.0 Å². The van der Waals surface area contributed by atoms with Gasteiger partial charge in [0.25, 0.3) is 11.8 Å². The largest absolute Gasteiger partial charge is 0.482 e. The number of carbonyl (C=O) groups excluding carboxylic acids is 4. The molecular formula is C25H22N2O7S. The van der Waals surface area contributed by atoms with Gasteiger partial charge in [-0.1, -0.05) is 24.3 Å². The third kappa shape index (κ3) is 4.73. The minimum Gasteiger partial charge on any atom is -0.482 e. The number of nitrogens with one attached hydrogen (secondary N) is 1. The van der Waals surface area contributed by atoms with Crippen LogP contribution < -0.4 is 15.0 Å². The van der Waals surface area contributed by atoms with Crippen molar-refractivity contribution in [3.8, 4) is 5.75 Å². The number of nitrogens with zero attached hydrogens (tertiary/aromatic N) is 1. The zero-order valence-electron chi connectivity index (χ0n) is 19.2. The predicted molar refractivity (Wildman–Crippen MR) is 129 cm³/mol. The first-order valence-electron chi connectivity index (χ1n) is 10.6. The lowest BCUT2D eigenvalue weighted by Gasteiger charge is -2.29. The molecule has 0 bridgehead atoms. The molecule has 35 heavy (non-hydrogen) atoms. The van der Waals surface area contributed by atoms with Crippen molar-refractivity contribution in [3.05, 3.63) is 75.7 Å². The van der Waals surface area contributed by atoms with Gasteiger partial charge < -0.3 is 24.4 Å². The third-order valence-electron chi connectivity index (χ3n) is 5.50. The number of ether oxygens (including phenoxy) is 3. The molecule has 3 aromatic rings. The summed E-state index contributed by atoms with van der Waals surface area (Å²) in [5.41, 5.74) is 2.32. The molecule has 0 spiro atoms. The summed E-state index contributed by atoms with van der Waals surface area (Å²) in [5, 5.41) is 2.89. The lowest BCUT2D eigenvalue weighted by Crippen LogP contribution is -2.38. The first kappa shape index (κ1) is 24.0. The highest BCUT2D eigenvalue weighted by molar-refractivity contribution is 7.18. The van der Waals surface area contributed by atoms with E-state index in [1.807, 2.05) is 24.3 Å². The van der Waals surface area contributed by atoms with Crippen molar-refractivity contribution in [1.82, 2.24) is 0 Å². The van der Waals surface area contributed by atoms with E-state index >= 15 is 0 Å². The van der Waals surface area contributed by atoms with Crippen LogP contribution in [0.4, 0.5) is 10.7 Å². The van der Waals surface area contributed by atoms with Crippen molar-refractivity contribution >= 4 is 45.8 Å². The zero-order chi connectivity index (χ0) is 25.1. The smallest absolute Gasteiger partial charge is 0.348 e. The SMILES string of the molecule is COC(=O)c1sc(NC(=O)c2ccc(CN3C(=O)COc4ccccc43)cc2)c(C(=O)OC)c1C. The van der Waals surface area contributed by atoms with Gasteiger partial charge in [0.15, 0.2) is 6.61 Å². The van der Waals surface area contributed by atoms with E-state index in [-0.39, 0.29) is 28.0 Å². The van der Waals surface area contributed by atoms with Crippen molar-refractivity contribution in [1.29, 1.82) is 0 Å². The molecule has 2 amide bonds. The van der Waals surface area contributed by atoms with Gasteiger partial charge in [0.2, 0.25) is 0 Å².